The lowest BCUT2D eigenvalue weighted by Gasteiger charge is -2.12. The van der Waals surface area contributed by atoms with Crippen LogP contribution in [0.5, 0.6) is 0 Å². The second-order valence-corrected chi connectivity index (χ2v) is 10.6. The van der Waals surface area contributed by atoms with Crippen molar-refractivity contribution in [2.45, 2.75) is 16.6 Å². The molecule has 0 saturated carbocycles. The van der Waals surface area contributed by atoms with Crippen LogP contribution in [-0.2, 0) is 19.7 Å². The van der Waals surface area contributed by atoms with Gasteiger partial charge in [-0.15, -0.1) is 0 Å². The predicted octanol–water partition coefficient (Wildman–Crippen LogP) is -0.0612. The molecule has 1 aliphatic rings. The summed E-state index contributed by atoms with van der Waals surface area (Å²) in [6.07, 6.45) is 0.122. The molecule has 0 radical (unpaired) electrons. The second kappa shape index (κ2) is 7.20. The van der Waals surface area contributed by atoms with Gasteiger partial charge in [-0.2, -0.15) is 0 Å². The largest absolute Gasteiger partial charge is 0.351 e. The third kappa shape index (κ3) is 4.55. The zero-order valence-corrected chi connectivity index (χ0v) is 15.4. The highest BCUT2D eigenvalue weighted by Crippen LogP contribution is 2.25. The normalized spacial score (nSPS) is 20.2. The predicted molar refractivity (Wildman–Crippen MR) is 91.6 cm³/mol. The van der Waals surface area contributed by atoms with Crippen LogP contribution in [0.25, 0.3) is 0 Å². The van der Waals surface area contributed by atoms with E-state index in [1.165, 1.54) is 24.3 Å². The van der Waals surface area contributed by atoms with Crippen LogP contribution in [0.15, 0.2) is 29.2 Å². The van der Waals surface area contributed by atoms with Gasteiger partial charge in [0, 0.05) is 18.7 Å². The molecule has 1 fully saturated rings. The van der Waals surface area contributed by atoms with Crippen LogP contribution in [0.3, 0.4) is 0 Å². The molecular formula is C15H22N2O5S2. The maximum absolute atomic E-state index is 12.5. The summed E-state index contributed by atoms with van der Waals surface area (Å²) in [6, 6.07) is 5.62. The average Bonchev–Trinajstić information content (AvgIpc) is 2.88. The summed E-state index contributed by atoms with van der Waals surface area (Å²) in [4.78, 5) is 14.0. The minimum absolute atomic E-state index is 0.0504. The number of amides is 1. The molecule has 1 aromatic rings. The van der Waals surface area contributed by atoms with Gasteiger partial charge in [0.1, 0.15) is 0 Å². The Kier molecular flexibility index (Phi) is 5.67. The van der Waals surface area contributed by atoms with Crippen molar-refractivity contribution in [2.24, 2.45) is 0 Å². The number of nitrogens with one attached hydrogen (secondary N) is 1. The summed E-state index contributed by atoms with van der Waals surface area (Å²) in [5.41, 5.74) is 0.367. The van der Waals surface area contributed by atoms with E-state index in [0.29, 0.717) is 18.7 Å². The maximum Gasteiger partial charge on any atom is 0.251 e. The molecule has 1 atom stereocenters. The summed E-state index contributed by atoms with van der Waals surface area (Å²) < 4.78 is 47.9. The number of hydrogen-bond donors (Lipinski definition) is 1. The first-order valence-electron chi connectivity index (χ1n) is 7.59. The number of rotatable bonds is 6. The van der Waals surface area contributed by atoms with Gasteiger partial charge in [0.25, 0.3) is 5.91 Å². The molecule has 1 aliphatic heterocycles. The zero-order chi connectivity index (χ0) is 18.0. The number of nitrogens with zero attached hydrogens (tertiary/aromatic N) is 1. The van der Waals surface area contributed by atoms with Crippen LogP contribution >= 0.6 is 0 Å². The van der Waals surface area contributed by atoms with Gasteiger partial charge in [-0.3, -0.25) is 4.79 Å². The highest BCUT2D eigenvalue weighted by molar-refractivity contribution is 7.96. The number of likely N-dealkylation sites (N-methyl/N-ethyl adjacent to an activating group) is 1. The lowest BCUT2D eigenvalue weighted by Crippen LogP contribution is -2.31. The van der Waals surface area contributed by atoms with Gasteiger partial charge in [0.05, 0.1) is 21.7 Å². The number of benzene rings is 1. The number of carbonyl (C=O) groups is 1. The molecule has 1 unspecified atom stereocenters. The standard InChI is InChI=1S/C15H22N2O5S2/c1-17(2)9-8-16-15(18)12-3-5-13(6-4-12)24(21,22)14-7-10-23(19,20)11-14/h3-6,14H,7-11H2,1-2H3,(H,16,18). The Hall–Kier alpha value is -1.45. The van der Waals surface area contributed by atoms with Gasteiger partial charge in [-0.05, 0) is 44.8 Å². The lowest BCUT2D eigenvalue weighted by molar-refractivity contribution is 0.0951. The molecule has 1 heterocycles. The van der Waals surface area contributed by atoms with Crippen molar-refractivity contribution in [3.63, 3.8) is 0 Å². The van der Waals surface area contributed by atoms with Gasteiger partial charge >= 0.3 is 0 Å². The Bertz CT molecular complexity index is 799. The molecule has 0 aromatic heterocycles. The average molecular weight is 374 g/mol. The first-order chi connectivity index (χ1) is 11.1. The number of carbonyl (C=O) groups excluding carboxylic acids is 1. The molecule has 0 aliphatic carbocycles. The summed E-state index contributed by atoms with van der Waals surface area (Å²) in [5.74, 6) is -0.699. The van der Waals surface area contributed by atoms with Crippen molar-refractivity contribution < 1.29 is 21.6 Å². The Morgan fingerprint density at radius 3 is 2.38 bits per heavy atom. The van der Waals surface area contributed by atoms with Crippen LogP contribution in [0.1, 0.15) is 16.8 Å². The van der Waals surface area contributed by atoms with Crippen molar-refractivity contribution in [3.05, 3.63) is 29.8 Å². The van der Waals surface area contributed by atoms with E-state index in [1.54, 1.807) is 0 Å². The smallest absolute Gasteiger partial charge is 0.251 e. The van der Waals surface area contributed by atoms with Crippen molar-refractivity contribution >= 4 is 25.6 Å². The summed E-state index contributed by atoms with van der Waals surface area (Å²) in [5, 5.41) is 1.84. The SMILES string of the molecule is CN(C)CCNC(=O)c1ccc(S(=O)(=O)C2CCS(=O)(=O)C2)cc1. The van der Waals surface area contributed by atoms with E-state index in [1.807, 2.05) is 19.0 Å². The van der Waals surface area contributed by atoms with Crippen LogP contribution in [0.4, 0.5) is 0 Å². The fourth-order valence-electron chi connectivity index (χ4n) is 2.49. The first kappa shape index (κ1) is 18.9. The molecule has 24 heavy (non-hydrogen) atoms. The fourth-order valence-corrected chi connectivity index (χ4v) is 6.85. The summed E-state index contributed by atoms with van der Waals surface area (Å²) in [7, 11) is -3.18. The lowest BCUT2D eigenvalue weighted by atomic mass is 10.2. The van der Waals surface area contributed by atoms with E-state index in [4.69, 9.17) is 0 Å². The highest BCUT2D eigenvalue weighted by atomic mass is 32.2. The van der Waals surface area contributed by atoms with Gasteiger partial charge in [-0.25, -0.2) is 16.8 Å². The summed E-state index contributed by atoms with van der Waals surface area (Å²) >= 11 is 0. The number of hydrogen-bond acceptors (Lipinski definition) is 6. The fraction of sp³-hybridized carbons (Fsp3) is 0.533. The van der Waals surface area contributed by atoms with Gasteiger partial charge < -0.3 is 10.2 Å². The molecule has 134 valence electrons. The molecule has 0 spiro atoms. The Morgan fingerprint density at radius 1 is 1.25 bits per heavy atom. The van der Waals surface area contributed by atoms with Gasteiger partial charge in [0.2, 0.25) is 0 Å². The summed E-state index contributed by atoms with van der Waals surface area (Å²) in [6.45, 7) is 1.19. The monoisotopic (exact) mass is 374 g/mol. The van der Waals surface area contributed by atoms with Crippen molar-refractivity contribution in [3.8, 4) is 0 Å². The van der Waals surface area contributed by atoms with Crippen LogP contribution in [-0.4, -0.2) is 71.6 Å². The van der Waals surface area contributed by atoms with E-state index >= 15 is 0 Å². The molecule has 1 N–H and O–H groups in total. The first-order valence-corrected chi connectivity index (χ1v) is 11.0. The van der Waals surface area contributed by atoms with E-state index in [-0.39, 0.29) is 28.7 Å². The molecule has 1 aromatic carbocycles. The Morgan fingerprint density at radius 2 is 1.88 bits per heavy atom. The van der Waals surface area contributed by atoms with E-state index in [9.17, 15) is 21.6 Å². The van der Waals surface area contributed by atoms with Crippen molar-refractivity contribution in [1.82, 2.24) is 10.2 Å². The molecule has 2 rings (SSSR count). The van der Waals surface area contributed by atoms with E-state index in [0.717, 1.165) is 0 Å². The van der Waals surface area contributed by atoms with Gasteiger partial charge in [0.15, 0.2) is 19.7 Å². The van der Waals surface area contributed by atoms with Crippen LogP contribution < -0.4 is 5.32 Å². The Balaban J connectivity index is 2.07. The molecule has 9 heteroatoms. The minimum atomic E-state index is -3.70. The third-order valence-electron chi connectivity index (χ3n) is 3.92. The molecule has 7 nitrogen and oxygen atoms in total. The highest BCUT2D eigenvalue weighted by Gasteiger charge is 2.37. The zero-order valence-electron chi connectivity index (χ0n) is 13.7. The van der Waals surface area contributed by atoms with Crippen molar-refractivity contribution in [2.75, 3.05) is 38.7 Å². The topological polar surface area (TPSA) is 101 Å². The van der Waals surface area contributed by atoms with Crippen LogP contribution in [0.2, 0.25) is 0 Å². The molecular weight excluding hydrogens is 352 g/mol. The molecule has 1 amide bonds. The Labute approximate surface area is 142 Å². The van der Waals surface area contributed by atoms with E-state index < -0.39 is 24.9 Å². The maximum atomic E-state index is 12.5. The molecule has 0 bridgehead atoms. The minimum Gasteiger partial charge on any atom is -0.351 e. The van der Waals surface area contributed by atoms with Gasteiger partial charge in [-0.1, -0.05) is 0 Å². The van der Waals surface area contributed by atoms with Crippen molar-refractivity contribution in [1.29, 1.82) is 0 Å². The quantitative estimate of drug-likeness (QED) is 0.749. The van der Waals surface area contributed by atoms with E-state index in [2.05, 4.69) is 5.32 Å². The second-order valence-electron chi connectivity index (χ2n) is 6.15. The molecule has 1 saturated heterocycles. The van der Waals surface area contributed by atoms with Crippen LogP contribution in [0, 0.1) is 0 Å². The number of sulfone groups is 2. The third-order valence-corrected chi connectivity index (χ3v) is 8.11.